The first kappa shape index (κ1) is 10.9. The van der Waals surface area contributed by atoms with Gasteiger partial charge in [-0.1, -0.05) is 19.8 Å². The molecule has 0 aromatic rings. The zero-order chi connectivity index (χ0) is 10.7. The normalized spacial score (nSPS) is 29.5. The number of carbonyl (C=O) groups excluding carboxylic acids is 1. The van der Waals surface area contributed by atoms with Gasteiger partial charge in [-0.05, 0) is 18.8 Å². The average molecular weight is 210 g/mol. The summed E-state index contributed by atoms with van der Waals surface area (Å²) in [5.74, 6) is 1.12. The van der Waals surface area contributed by atoms with Crippen LogP contribution in [-0.4, -0.2) is 36.5 Å². The molecule has 2 aliphatic rings. The van der Waals surface area contributed by atoms with Gasteiger partial charge in [-0.25, -0.2) is 0 Å². The molecule has 0 aromatic carbocycles. The SMILES string of the molecule is CCCCCC(=O)N1CC[C@H]2CNC[C@H]21. The van der Waals surface area contributed by atoms with Crippen LogP contribution in [0.1, 0.15) is 39.0 Å². The Hall–Kier alpha value is -0.570. The predicted molar refractivity (Wildman–Crippen MR) is 60.6 cm³/mol. The first-order chi connectivity index (χ1) is 7.33. The molecule has 2 fully saturated rings. The number of carbonyl (C=O) groups is 1. The van der Waals surface area contributed by atoms with Crippen LogP contribution < -0.4 is 5.32 Å². The number of nitrogens with zero attached hydrogens (tertiary/aromatic N) is 1. The molecule has 0 spiro atoms. The Labute approximate surface area is 92.2 Å². The fraction of sp³-hybridized carbons (Fsp3) is 0.917. The van der Waals surface area contributed by atoms with E-state index in [1.165, 1.54) is 19.3 Å². The van der Waals surface area contributed by atoms with E-state index in [1.54, 1.807) is 0 Å². The standard InChI is InChI=1S/C12H22N2O/c1-2-3-4-5-12(15)14-7-6-10-8-13-9-11(10)14/h10-11,13H,2-9H2,1H3/t10-,11+/m0/s1. The number of nitrogens with one attached hydrogen (secondary N) is 1. The van der Waals surface area contributed by atoms with Crippen LogP contribution in [0.3, 0.4) is 0 Å². The van der Waals surface area contributed by atoms with Crippen LogP contribution in [-0.2, 0) is 4.79 Å². The minimum absolute atomic E-state index is 0.389. The van der Waals surface area contributed by atoms with Gasteiger partial charge < -0.3 is 10.2 Å². The van der Waals surface area contributed by atoms with Crippen LogP contribution in [0.15, 0.2) is 0 Å². The Balaban J connectivity index is 1.80. The number of unbranched alkanes of at least 4 members (excludes halogenated alkanes) is 2. The number of hydrogen-bond acceptors (Lipinski definition) is 2. The van der Waals surface area contributed by atoms with Gasteiger partial charge in [-0.3, -0.25) is 4.79 Å². The molecule has 0 aromatic heterocycles. The van der Waals surface area contributed by atoms with Gasteiger partial charge in [0, 0.05) is 32.1 Å². The third kappa shape index (κ3) is 2.33. The van der Waals surface area contributed by atoms with Crippen molar-refractivity contribution < 1.29 is 4.79 Å². The summed E-state index contributed by atoms with van der Waals surface area (Å²) in [4.78, 5) is 14.1. The molecule has 0 unspecified atom stereocenters. The first-order valence-corrected chi connectivity index (χ1v) is 6.33. The molecule has 3 heteroatoms. The molecule has 0 saturated carbocycles. The molecular formula is C12H22N2O. The van der Waals surface area contributed by atoms with E-state index in [1.807, 2.05) is 0 Å². The second-order valence-electron chi connectivity index (χ2n) is 4.82. The quantitative estimate of drug-likeness (QED) is 0.711. The Morgan fingerprint density at radius 1 is 1.40 bits per heavy atom. The summed E-state index contributed by atoms with van der Waals surface area (Å²) in [5, 5.41) is 3.38. The fourth-order valence-electron chi connectivity index (χ4n) is 2.83. The summed E-state index contributed by atoms with van der Waals surface area (Å²) in [5.41, 5.74) is 0. The smallest absolute Gasteiger partial charge is 0.222 e. The summed E-state index contributed by atoms with van der Waals surface area (Å²) >= 11 is 0. The predicted octanol–water partition coefficient (Wildman–Crippen LogP) is 1.39. The van der Waals surface area contributed by atoms with E-state index in [4.69, 9.17) is 0 Å². The van der Waals surface area contributed by atoms with Crippen molar-refractivity contribution in [2.75, 3.05) is 19.6 Å². The molecule has 2 atom stereocenters. The maximum Gasteiger partial charge on any atom is 0.222 e. The van der Waals surface area contributed by atoms with E-state index < -0.39 is 0 Å². The molecule has 0 radical (unpaired) electrons. The highest BCUT2D eigenvalue weighted by Crippen LogP contribution is 2.27. The monoisotopic (exact) mass is 210 g/mol. The lowest BCUT2D eigenvalue weighted by molar-refractivity contribution is -0.132. The molecule has 0 bridgehead atoms. The number of rotatable bonds is 4. The molecular weight excluding hydrogens is 188 g/mol. The third-order valence-electron chi connectivity index (χ3n) is 3.76. The zero-order valence-electron chi connectivity index (χ0n) is 9.67. The van der Waals surface area contributed by atoms with Gasteiger partial charge in [0.15, 0.2) is 0 Å². The van der Waals surface area contributed by atoms with Crippen molar-refractivity contribution >= 4 is 5.91 Å². The second kappa shape index (κ2) is 4.97. The minimum Gasteiger partial charge on any atom is -0.338 e. The van der Waals surface area contributed by atoms with E-state index in [9.17, 15) is 4.79 Å². The molecule has 2 heterocycles. The van der Waals surface area contributed by atoms with Gasteiger partial charge in [-0.15, -0.1) is 0 Å². The Kier molecular flexibility index (Phi) is 3.62. The summed E-state index contributed by atoms with van der Waals surface area (Å²) in [7, 11) is 0. The Bertz CT molecular complexity index is 230. The molecule has 2 aliphatic heterocycles. The minimum atomic E-state index is 0.389. The van der Waals surface area contributed by atoms with Crippen molar-refractivity contribution in [2.45, 2.75) is 45.1 Å². The molecule has 3 nitrogen and oxygen atoms in total. The number of hydrogen-bond donors (Lipinski definition) is 1. The summed E-state index contributed by atoms with van der Waals surface area (Å²) in [6, 6.07) is 0.513. The van der Waals surface area contributed by atoms with Gasteiger partial charge in [0.2, 0.25) is 5.91 Å². The molecule has 86 valence electrons. The van der Waals surface area contributed by atoms with E-state index in [0.717, 1.165) is 38.4 Å². The lowest BCUT2D eigenvalue weighted by Gasteiger charge is -2.23. The van der Waals surface area contributed by atoms with E-state index >= 15 is 0 Å². The molecule has 15 heavy (non-hydrogen) atoms. The lowest BCUT2D eigenvalue weighted by Crippen LogP contribution is -2.38. The largest absolute Gasteiger partial charge is 0.338 e. The van der Waals surface area contributed by atoms with Crippen LogP contribution in [0, 0.1) is 5.92 Å². The van der Waals surface area contributed by atoms with Crippen molar-refractivity contribution in [3.63, 3.8) is 0 Å². The van der Waals surface area contributed by atoms with Gasteiger partial charge >= 0.3 is 0 Å². The second-order valence-corrected chi connectivity index (χ2v) is 4.82. The number of likely N-dealkylation sites (tertiary alicyclic amines) is 1. The van der Waals surface area contributed by atoms with Crippen molar-refractivity contribution in [3.8, 4) is 0 Å². The molecule has 0 aliphatic carbocycles. The topological polar surface area (TPSA) is 32.3 Å². The lowest BCUT2D eigenvalue weighted by atomic mass is 10.0. The zero-order valence-corrected chi connectivity index (χ0v) is 9.67. The molecule has 1 N–H and O–H groups in total. The van der Waals surface area contributed by atoms with Crippen molar-refractivity contribution in [1.29, 1.82) is 0 Å². The summed E-state index contributed by atoms with van der Waals surface area (Å²) in [6.45, 7) is 5.31. The first-order valence-electron chi connectivity index (χ1n) is 6.33. The maximum absolute atomic E-state index is 12.0. The van der Waals surface area contributed by atoms with E-state index in [2.05, 4.69) is 17.1 Å². The van der Waals surface area contributed by atoms with Crippen LogP contribution in [0.4, 0.5) is 0 Å². The van der Waals surface area contributed by atoms with Crippen LogP contribution in [0.5, 0.6) is 0 Å². The number of fused-ring (bicyclic) bond motifs is 1. The van der Waals surface area contributed by atoms with Crippen molar-refractivity contribution in [1.82, 2.24) is 10.2 Å². The van der Waals surface area contributed by atoms with Crippen molar-refractivity contribution in [3.05, 3.63) is 0 Å². The highest BCUT2D eigenvalue weighted by Gasteiger charge is 2.39. The van der Waals surface area contributed by atoms with E-state index in [0.29, 0.717) is 11.9 Å². The summed E-state index contributed by atoms with van der Waals surface area (Å²) < 4.78 is 0. The van der Waals surface area contributed by atoms with Crippen LogP contribution in [0.2, 0.25) is 0 Å². The molecule has 1 amide bonds. The third-order valence-corrected chi connectivity index (χ3v) is 3.76. The molecule has 2 rings (SSSR count). The summed E-state index contributed by atoms with van der Waals surface area (Å²) in [6.07, 6.45) is 5.41. The van der Waals surface area contributed by atoms with Crippen LogP contribution >= 0.6 is 0 Å². The highest BCUT2D eigenvalue weighted by atomic mass is 16.2. The van der Waals surface area contributed by atoms with Gasteiger partial charge in [0.05, 0.1) is 0 Å². The Morgan fingerprint density at radius 2 is 2.27 bits per heavy atom. The van der Waals surface area contributed by atoms with E-state index in [-0.39, 0.29) is 0 Å². The molecule has 2 saturated heterocycles. The highest BCUT2D eigenvalue weighted by molar-refractivity contribution is 5.77. The average Bonchev–Trinajstić information content (AvgIpc) is 2.78. The number of amides is 1. The van der Waals surface area contributed by atoms with Gasteiger partial charge in [0.25, 0.3) is 0 Å². The van der Waals surface area contributed by atoms with Crippen LogP contribution in [0.25, 0.3) is 0 Å². The Morgan fingerprint density at radius 3 is 3.07 bits per heavy atom. The van der Waals surface area contributed by atoms with Crippen molar-refractivity contribution in [2.24, 2.45) is 5.92 Å². The van der Waals surface area contributed by atoms with Gasteiger partial charge in [-0.2, -0.15) is 0 Å². The van der Waals surface area contributed by atoms with Gasteiger partial charge in [0.1, 0.15) is 0 Å². The fourth-order valence-corrected chi connectivity index (χ4v) is 2.83. The maximum atomic E-state index is 12.0.